The first-order chi connectivity index (χ1) is 13.9. The van der Waals surface area contributed by atoms with Crippen LogP contribution in [-0.4, -0.2) is 11.1 Å². The second-order valence-corrected chi connectivity index (χ2v) is 6.74. The number of rotatable bonds is 2. The van der Waals surface area contributed by atoms with Gasteiger partial charge in [-0.05, 0) is 42.8 Å². The van der Waals surface area contributed by atoms with Gasteiger partial charge in [0.2, 0.25) is 5.76 Å². The third-order valence-electron chi connectivity index (χ3n) is 4.86. The SMILES string of the molecule is Cc1cc(N2C(=O)c3oc4ccc(F)cc4c(=O)c3[C@@H]2c2cccc(F)c2)no1. The zero-order valence-corrected chi connectivity index (χ0v) is 15.0. The Morgan fingerprint density at radius 3 is 2.55 bits per heavy atom. The number of nitrogens with zero attached hydrogens (tertiary/aromatic N) is 2. The van der Waals surface area contributed by atoms with Gasteiger partial charge < -0.3 is 8.94 Å². The normalized spacial score (nSPS) is 15.9. The van der Waals surface area contributed by atoms with Gasteiger partial charge in [-0.2, -0.15) is 0 Å². The summed E-state index contributed by atoms with van der Waals surface area (Å²) in [6.07, 6.45) is 0. The second kappa shape index (κ2) is 6.10. The Morgan fingerprint density at radius 2 is 1.83 bits per heavy atom. The number of aryl methyl sites for hydroxylation is 1. The molecule has 5 rings (SSSR count). The molecule has 1 aliphatic rings. The van der Waals surface area contributed by atoms with Crippen LogP contribution >= 0.6 is 0 Å². The fraction of sp³-hybridized carbons (Fsp3) is 0.0952. The molecular formula is C21H12F2N2O4. The molecule has 0 saturated heterocycles. The average molecular weight is 394 g/mol. The maximum absolute atomic E-state index is 13.9. The van der Waals surface area contributed by atoms with E-state index in [1.165, 1.54) is 35.2 Å². The highest BCUT2D eigenvalue weighted by molar-refractivity contribution is 6.10. The van der Waals surface area contributed by atoms with Crippen molar-refractivity contribution in [3.05, 3.63) is 93.0 Å². The van der Waals surface area contributed by atoms with Crippen molar-refractivity contribution < 1.29 is 22.5 Å². The lowest BCUT2D eigenvalue weighted by Crippen LogP contribution is -2.29. The lowest BCUT2D eigenvalue weighted by molar-refractivity contribution is 0.0969. The van der Waals surface area contributed by atoms with E-state index in [0.29, 0.717) is 11.3 Å². The van der Waals surface area contributed by atoms with Crippen LogP contribution in [0.25, 0.3) is 11.0 Å². The number of aromatic nitrogens is 1. The van der Waals surface area contributed by atoms with Crippen molar-refractivity contribution in [1.82, 2.24) is 5.16 Å². The predicted molar refractivity (Wildman–Crippen MR) is 98.7 cm³/mol. The van der Waals surface area contributed by atoms with E-state index in [1.807, 2.05) is 0 Å². The molecule has 0 N–H and O–H groups in total. The van der Waals surface area contributed by atoms with Crippen molar-refractivity contribution >= 4 is 22.7 Å². The molecule has 1 amide bonds. The van der Waals surface area contributed by atoms with Crippen LogP contribution in [0.3, 0.4) is 0 Å². The quantitative estimate of drug-likeness (QED) is 0.511. The molecule has 0 unspecified atom stereocenters. The van der Waals surface area contributed by atoms with Gasteiger partial charge >= 0.3 is 0 Å². The monoisotopic (exact) mass is 394 g/mol. The summed E-state index contributed by atoms with van der Waals surface area (Å²) in [6.45, 7) is 1.65. The molecule has 0 aliphatic carbocycles. The van der Waals surface area contributed by atoms with Gasteiger partial charge in [0.25, 0.3) is 5.91 Å². The van der Waals surface area contributed by atoms with Gasteiger partial charge in [-0.1, -0.05) is 17.3 Å². The van der Waals surface area contributed by atoms with Crippen LogP contribution < -0.4 is 10.3 Å². The molecule has 2 aromatic carbocycles. The van der Waals surface area contributed by atoms with Crippen LogP contribution in [-0.2, 0) is 0 Å². The molecule has 2 aromatic heterocycles. The van der Waals surface area contributed by atoms with Crippen molar-refractivity contribution in [2.75, 3.05) is 4.90 Å². The first kappa shape index (κ1) is 17.3. The lowest BCUT2D eigenvalue weighted by atomic mass is 9.98. The number of carbonyl (C=O) groups excluding carboxylic acids is 1. The third-order valence-corrected chi connectivity index (χ3v) is 4.86. The molecule has 29 heavy (non-hydrogen) atoms. The van der Waals surface area contributed by atoms with Crippen LogP contribution in [0.1, 0.15) is 33.5 Å². The van der Waals surface area contributed by atoms with Crippen molar-refractivity contribution in [3.8, 4) is 0 Å². The summed E-state index contributed by atoms with van der Waals surface area (Å²) in [7, 11) is 0. The van der Waals surface area contributed by atoms with Gasteiger partial charge in [0.1, 0.15) is 23.0 Å². The van der Waals surface area contributed by atoms with E-state index >= 15 is 0 Å². The number of halogens is 2. The minimum Gasteiger partial charge on any atom is -0.450 e. The minimum atomic E-state index is -0.999. The summed E-state index contributed by atoms with van der Waals surface area (Å²) in [5.41, 5.74) is -0.133. The fourth-order valence-electron chi connectivity index (χ4n) is 3.64. The van der Waals surface area contributed by atoms with E-state index in [2.05, 4.69) is 5.16 Å². The summed E-state index contributed by atoms with van der Waals surface area (Å²) in [5.74, 6) is -1.35. The fourth-order valence-corrected chi connectivity index (χ4v) is 3.64. The minimum absolute atomic E-state index is 0.000599. The molecule has 0 bridgehead atoms. The standard InChI is InChI=1S/C21H12F2N2O4/c1-10-7-16(24-29-10)25-18(11-3-2-4-12(22)8-11)17-19(26)14-9-13(23)5-6-15(14)28-20(17)21(25)27/h2-9,18H,1H3/t18-/m0/s1. The zero-order chi connectivity index (χ0) is 20.3. The Morgan fingerprint density at radius 1 is 1.03 bits per heavy atom. The number of fused-ring (bicyclic) bond motifs is 2. The van der Waals surface area contributed by atoms with E-state index in [-0.39, 0.29) is 28.1 Å². The summed E-state index contributed by atoms with van der Waals surface area (Å²) in [5, 5.41) is 3.87. The number of benzene rings is 2. The average Bonchev–Trinajstić information content (AvgIpc) is 3.24. The van der Waals surface area contributed by atoms with Crippen molar-refractivity contribution in [3.63, 3.8) is 0 Å². The van der Waals surface area contributed by atoms with Crippen molar-refractivity contribution in [1.29, 1.82) is 0 Å². The lowest BCUT2D eigenvalue weighted by Gasteiger charge is -2.22. The number of anilines is 1. The highest BCUT2D eigenvalue weighted by Gasteiger charge is 2.45. The molecule has 0 saturated carbocycles. The largest absolute Gasteiger partial charge is 0.450 e. The molecule has 4 aromatic rings. The van der Waals surface area contributed by atoms with Crippen molar-refractivity contribution in [2.24, 2.45) is 0 Å². The maximum Gasteiger partial charge on any atom is 0.296 e. The number of amides is 1. The van der Waals surface area contributed by atoms with Crippen molar-refractivity contribution in [2.45, 2.75) is 13.0 Å². The van der Waals surface area contributed by atoms with Gasteiger partial charge in [0, 0.05) is 6.07 Å². The first-order valence-electron chi connectivity index (χ1n) is 8.72. The smallest absolute Gasteiger partial charge is 0.296 e. The number of hydrogen-bond acceptors (Lipinski definition) is 5. The zero-order valence-electron chi connectivity index (χ0n) is 15.0. The molecule has 0 spiro atoms. The third kappa shape index (κ3) is 2.56. The van der Waals surface area contributed by atoms with Crippen LogP contribution in [0.4, 0.5) is 14.6 Å². The Kier molecular flexibility index (Phi) is 3.64. The Hall–Kier alpha value is -3.81. The molecule has 8 heteroatoms. The van der Waals surface area contributed by atoms with E-state index < -0.39 is 29.0 Å². The van der Waals surface area contributed by atoms with E-state index in [4.69, 9.17) is 8.94 Å². The van der Waals surface area contributed by atoms with E-state index in [1.54, 1.807) is 13.0 Å². The highest BCUT2D eigenvalue weighted by Crippen LogP contribution is 2.41. The molecule has 0 fully saturated rings. The maximum atomic E-state index is 13.9. The van der Waals surface area contributed by atoms with Gasteiger partial charge in [-0.15, -0.1) is 0 Å². The summed E-state index contributed by atoms with van der Waals surface area (Å²) < 4.78 is 38.4. The van der Waals surface area contributed by atoms with Gasteiger partial charge in [0.15, 0.2) is 11.2 Å². The van der Waals surface area contributed by atoms with E-state index in [9.17, 15) is 18.4 Å². The molecule has 1 atom stereocenters. The van der Waals surface area contributed by atoms with Gasteiger partial charge in [0.05, 0.1) is 17.0 Å². The van der Waals surface area contributed by atoms with Gasteiger partial charge in [-0.3, -0.25) is 14.5 Å². The highest BCUT2D eigenvalue weighted by atomic mass is 19.1. The summed E-state index contributed by atoms with van der Waals surface area (Å²) in [6, 6.07) is 9.55. The van der Waals surface area contributed by atoms with Gasteiger partial charge in [-0.25, -0.2) is 8.78 Å². The molecule has 1 aliphatic heterocycles. The molecule has 3 heterocycles. The van der Waals surface area contributed by atoms with Crippen LogP contribution in [0.5, 0.6) is 0 Å². The molecular weight excluding hydrogens is 382 g/mol. The molecule has 6 nitrogen and oxygen atoms in total. The van der Waals surface area contributed by atoms with E-state index in [0.717, 1.165) is 12.1 Å². The number of hydrogen-bond donors (Lipinski definition) is 0. The van der Waals surface area contributed by atoms with Crippen LogP contribution in [0, 0.1) is 18.6 Å². The predicted octanol–water partition coefficient (Wildman–Crippen LogP) is 4.12. The number of carbonyl (C=O) groups is 1. The molecule has 144 valence electrons. The van der Waals surface area contributed by atoms with Crippen LogP contribution in [0.15, 0.2) is 62.3 Å². The van der Waals surface area contributed by atoms with Crippen LogP contribution in [0.2, 0.25) is 0 Å². The topological polar surface area (TPSA) is 76.6 Å². The molecule has 0 radical (unpaired) electrons. The Bertz CT molecular complexity index is 1360. The first-order valence-corrected chi connectivity index (χ1v) is 8.72. The second-order valence-electron chi connectivity index (χ2n) is 6.74. The summed E-state index contributed by atoms with van der Waals surface area (Å²) >= 11 is 0. The summed E-state index contributed by atoms with van der Waals surface area (Å²) in [4.78, 5) is 27.6. The Balaban J connectivity index is 1.84. The Labute approximate surface area is 162 Å².